The first-order valence-corrected chi connectivity index (χ1v) is 9.98. The van der Waals surface area contributed by atoms with Gasteiger partial charge in [0.05, 0.1) is 6.54 Å². The Morgan fingerprint density at radius 3 is 2.68 bits per heavy atom. The number of imidazole rings is 1. The zero-order chi connectivity index (χ0) is 19.1. The maximum atomic E-state index is 4.53. The van der Waals surface area contributed by atoms with Gasteiger partial charge in [-0.1, -0.05) is 44.2 Å². The number of likely N-dealkylation sites (tertiary alicyclic amines) is 1. The summed E-state index contributed by atoms with van der Waals surface area (Å²) in [4.78, 5) is 13.9. The summed E-state index contributed by atoms with van der Waals surface area (Å²) in [6.07, 6.45) is 5.11. The lowest BCUT2D eigenvalue weighted by Gasteiger charge is -2.27. The largest absolute Gasteiger partial charge is 0.349 e. The molecule has 6 nitrogen and oxygen atoms in total. The quantitative estimate of drug-likeness (QED) is 0.364. The van der Waals surface area contributed by atoms with E-state index < -0.39 is 0 Å². The molecule has 1 aromatic heterocycles. The zero-order valence-electron chi connectivity index (χ0n) is 17.2. The third-order valence-corrected chi connectivity index (χ3v) is 5.41. The summed E-state index contributed by atoms with van der Waals surface area (Å²) in [5.41, 5.74) is 1.28. The second kappa shape index (κ2) is 11.4. The molecule has 2 heterocycles. The minimum Gasteiger partial charge on any atom is -0.349 e. The van der Waals surface area contributed by atoms with Crippen molar-refractivity contribution in [1.29, 1.82) is 0 Å². The highest BCUT2D eigenvalue weighted by molar-refractivity contribution is 14.0. The van der Waals surface area contributed by atoms with Gasteiger partial charge in [-0.15, -0.1) is 24.0 Å². The van der Waals surface area contributed by atoms with Gasteiger partial charge in [0.1, 0.15) is 5.82 Å². The van der Waals surface area contributed by atoms with E-state index in [4.69, 9.17) is 0 Å². The normalized spacial score (nSPS) is 17.1. The highest BCUT2D eigenvalue weighted by Gasteiger charge is 2.28. The average Bonchev–Trinajstić information content (AvgIpc) is 3.35. The van der Waals surface area contributed by atoms with Crippen LogP contribution in [-0.4, -0.2) is 64.6 Å². The lowest BCUT2D eigenvalue weighted by atomic mass is 10.2. The molecule has 2 aromatic rings. The van der Waals surface area contributed by atoms with E-state index in [1.54, 1.807) is 0 Å². The highest BCUT2D eigenvalue weighted by atomic mass is 127. The number of hydrogen-bond acceptors (Lipinski definition) is 3. The Kier molecular flexibility index (Phi) is 9.24. The average molecular weight is 496 g/mol. The van der Waals surface area contributed by atoms with Crippen LogP contribution in [-0.2, 0) is 13.1 Å². The number of halogens is 1. The molecule has 154 valence electrons. The van der Waals surface area contributed by atoms with Crippen LogP contribution in [0.15, 0.2) is 47.7 Å². The van der Waals surface area contributed by atoms with Crippen LogP contribution < -0.4 is 5.32 Å². The molecule has 1 aromatic carbocycles. The molecule has 1 unspecified atom stereocenters. The first-order valence-electron chi connectivity index (χ1n) is 9.98. The van der Waals surface area contributed by atoms with Crippen LogP contribution in [0.25, 0.3) is 0 Å². The van der Waals surface area contributed by atoms with Crippen LogP contribution in [0, 0.1) is 0 Å². The molecular formula is C21H33IN6. The number of hydrogen-bond donors (Lipinski definition) is 1. The number of likely N-dealkylation sites (N-methyl/N-ethyl adjacent to an activating group) is 1. The molecule has 28 heavy (non-hydrogen) atoms. The summed E-state index contributed by atoms with van der Waals surface area (Å²) < 4.78 is 2.19. The predicted octanol–water partition coefficient (Wildman–Crippen LogP) is 3.04. The Morgan fingerprint density at radius 2 is 2.00 bits per heavy atom. The Morgan fingerprint density at radius 1 is 1.25 bits per heavy atom. The van der Waals surface area contributed by atoms with Gasteiger partial charge in [-0.2, -0.15) is 0 Å². The molecule has 1 N–H and O–H groups in total. The van der Waals surface area contributed by atoms with Gasteiger partial charge in [0.25, 0.3) is 0 Å². The zero-order valence-corrected chi connectivity index (χ0v) is 19.5. The first kappa shape index (κ1) is 22.7. The summed E-state index contributed by atoms with van der Waals surface area (Å²) in [7, 11) is 1.86. The van der Waals surface area contributed by atoms with Gasteiger partial charge in [-0.25, -0.2) is 4.98 Å². The molecule has 0 bridgehead atoms. The van der Waals surface area contributed by atoms with E-state index in [9.17, 15) is 0 Å². The van der Waals surface area contributed by atoms with Crippen molar-refractivity contribution in [2.24, 2.45) is 4.99 Å². The van der Waals surface area contributed by atoms with Crippen molar-refractivity contribution in [2.75, 3.05) is 33.2 Å². The second-order valence-electron chi connectivity index (χ2n) is 6.97. The number of benzene rings is 1. The molecule has 0 aliphatic carbocycles. The van der Waals surface area contributed by atoms with Crippen LogP contribution in [0.5, 0.6) is 0 Å². The van der Waals surface area contributed by atoms with Crippen molar-refractivity contribution in [3.05, 3.63) is 54.1 Å². The second-order valence-corrected chi connectivity index (χ2v) is 6.97. The van der Waals surface area contributed by atoms with Crippen molar-refractivity contribution in [3.8, 4) is 0 Å². The third kappa shape index (κ3) is 5.70. The SMILES string of the molecule is CCN(CC)C1CCN(C(=NC)NCc2nccn2Cc2ccccc2)C1.I. The Balaban J connectivity index is 0.00000280. The molecule has 0 radical (unpaired) electrons. The van der Waals surface area contributed by atoms with Gasteiger partial charge in [0, 0.05) is 45.1 Å². The van der Waals surface area contributed by atoms with Crippen molar-refractivity contribution in [2.45, 2.75) is 39.4 Å². The van der Waals surface area contributed by atoms with Crippen LogP contribution in [0.1, 0.15) is 31.7 Å². The van der Waals surface area contributed by atoms with E-state index in [1.807, 2.05) is 25.5 Å². The monoisotopic (exact) mass is 496 g/mol. The Bertz CT molecular complexity index is 726. The molecular weight excluding hydrogens is 463 g/mol. The number of nitrogens with zero attached hydrogens (tertiary/aromatic N) is 5. The topological polar surface area (TPSA) is 48.7 Å². The number of rotatable bonds is 7. The van der Waals surface area contributed by atoms with E-state index in [0.29, 0.717) is 12.6 Å². The number of nitrogens with one attached hydrogen (secondary N) is 1. The predicted molar refractivity (Wildman–Crippen MR) is 126 cm³/mol. The third-order valence-electron chi connectivity index (χ3n) is 5.41. The van der Waals surface area contributed by atoms with Gasteiger partial charge in [-0.3, -0.25) is 9.89 Å². The summed E-state index contributed by atoms with van der Waals surface area (Å²) in [6, 6.07) is 11.1. The summed E-state index contributed by atoms with van der Waals surface area (Å²) in [6.45, 7) is 10.3. The number of aliphatic imine (C=N–C) groups is 1. The molecule has 1 aliphatic rings. The maximum absolute atomic E-state index is 4.53. The minimum atomic E-state index is 0. The molecule has 1 aliphatic heterocycles. The molecule has 3 rings (SSSR count). The number of guanidine groups is 1. The molecule has 0 spiro atoms. The molecule has 1 atom stereocenters. The summed E-state index contributed by atoms with van der Waals surface area (Å²) in [5, 5.41) is 3.51. The molecule has 0 saturated carbocycles. The van der Waals surface area contributed by atoms with Gasteiger partial charge in [0.15, 0.2) is 5.96 Å². The molecule has 1 fully saturated rings. The Hall–Kier alpha value is -1.61. The van der Waals surface area contributed by atoms with Crippen LogP contribution in [0.2, 0.25) is 0 Å². The summed E-state index contributed by atoms with van der Waals surface area (Å²) >= 11 is 0. The summed E-state index contributed by atoms with van der Waals surface area (Å²) in [5.74, 6) is 2.00. The maximum Gasteiger partial charge on any atom is 0.194 e. The van der Waals surface area contributed by atoms with Crippen molar-refractivity contribution in [1.82, 2.24) is 24.7 Å². The highest BCUT2D eigenvalue weighted by Crippen LogP contribution is 2.15. The van der Waals surface area contributed by atoms with Gasteiger partial charge < -0.3 is 14.8 Å². The van der Waals surface area contributed by atoms with E-state index in [0.717, 1.165) is 44.5 Å². The van der Waals surface area contributed by atoms with Gasteiger partial charge >= 0.3 is 0 Å². The Labute approximate surface area is 186 Å². The lowest BCUT2D eigenvalue weighted by molar-refractivity contribution is 0.223. The molecule has 1 saturated heterocycles. The van der Waals surface area contributed by atoms with Crippen molar-refractivity contribution < 1.29 is 0 Å². The van der Waals surface area contributed by atoms with Crippen LogP contribution >= 0.6 is 24.0 Å². The fourth-order valence-corrected chi connectivity index (χ4v) is 3.89. The fourth-order valence-electron chi connectivity index (χ4n) is 3.89. The lowest BCUT2D eigenvalue weighted by Crippen LogP contribution is -2.43. The van der Waals surface area contributed by atoms with E-state index in [1.165, 1.54) is 12.0 Å². The first-order chi connectivity index (χ1) is 13.2. The van der Waals surface area contributed by atoms with Gasteiger partial charge in [-0.05, 0) is 25.1 Å². The molecule has 0 amide bonds. The van der Waals surface area contributed by atoms with Crippen LogP contribution in [0.4, 0.5) is 0 Å². The van der Waals surface area contributed by atoms with E-state index >= 15 is 0 Å². The van der Waals surface area contributed by atoms with Crippen LogP contribution in [0.3, 0.4) is 0 Å². The minimum absolute atomic E-state index is 0. The standard InChI is InChI=1S/C21H32N6.HI/c1-4-25(5-2)19-11-13-27(17-19)21(22-3)24-15-20-23-12-14-26(20)16-18-9-7-6-8-10-18;/h6-10,12,14,19H,4-5,11,13,15-17H2,1-3H3,(H,22,24);1H. The smallest absolute Gasteiger partial charge is 0.194 e. The van der Waals surface area contributed by atoms with Crippen molar-refractivity contribution in [3.63, 3.8) is 0 Å². The van der Waals surface area contributed by atoms with Crippen molar-refractivity contribution >= 4 is 29.9 Å². The van der Waals surface area contributed by atoms with E-state index in [-0.39, 0.29) is 24.0 Å². The molecule has 7 heteroatoms. The fraction of sp³-hybridized carbons (Fsp3) is 0.524. The number of aromatic nitrogens is 2. The van der Waals surface area contributed by atoms with Gasteiger partial charge in [0.2, 0.25) is 0 Å². The van der Waals surface area contributed by atoms with E-state index in [2.05, 4.69) is 67.8 Å².